The zero-order chi connectivity index (χ0) is 21.5. The lowest BCUT2D eigenvalue weighted by atomic mass is 10.1. The van der Waals surface area contributed by atoms with Crippen LogP contribution >= 0.6 is 22.9 Å². The molecule has 0 spiro atoms. The molecule has 1 aliphatic rings. The molecule has 158 valence electrons. The molecular weight excluding hydrogens is 432 g/mol. The Hall–Kier alpha value is -2.81. The first-order valence-corrected chi connectivity index (χ1v) is 11.3. The van der Waals surface area contributed by atoms with E-state index in [1.54, 1.807) is 35.7 Å². The van der Waals surface area contributed by atoms with Gasteiger partial charge in [0, 0.05) is 24.7 Å². The molecule has 1 fully saturated rings. The van der Waals surface area contributed by atoms with E-state index < -0.39 is 0 Å². The number of carbonyl (C=O) groups is 1. The number of halogens is 1. The Labute approximate surface area is 188 Å². The van der Waals surface area contributed by atoms with Gasteiger partial charge < -0.3 is 0 Å². The summed E-state index contributed by atoms with van der Waals surface area (Å²) < 4.78 is 1.17. The Morgan fingerprint density at radius 1 is 1.16 bits per heavy atom. The standard InChI is InChI=1S/C22H21ClN6OS/c1-14-12-24-29(26-14)20-7-5-17(23)11-18(20)22(30)28-9-3-8-27(28)13-16-4-6-19-21(10-16)31-15(2)25-19/h4-7,10-12H,3,8-9,13H2,1-2H3. The van der Waals surface area contributed by atoms with Gasteiger partial charge in [-0.3, -0.25) is 9.80 Å². The van der Waals surface area contributed by atoms with Gasteiger partial charge in [0.25, 0.3) is 5.91 Å². The summed E-state index contributed by atoms with van der Waals surface area (Å²) in [6.45, 7) is 6.03. The highest BCUT2D eigenvalue weighted by molar-refractivity contribution is 7.18. The van der Waals surface area contributed by atoms with E-state index >= 15 is 0 Å². The van der Waals surface area contributed by atoms with Crippen molar-refractivity contribution in [2.75, 3.05) is 13.1 Å². The van der Waals surface area contributed by atoms with Crippen LogP contribution < -0.4 is 0 Å². The van der Waals surface area contributed by atoms with Gasteiger partial charge in [-0.2, -0.15) is 15.0 Å². The average Bonchev–Trinajstić information content (AvgIpc) is 3.46. The number of aryl methyl sites for hydroxylation is 2. The molecule has 9 heteroatoms. The Balaban J connectivity index is 1.44. The third-order valence-electron chi connectivity index (χ3n) is 5.30. The van der Waals surface area contributed by atoms with E-state index in [0.29, 0.717) is 29.4 Å². The summed E-state index contributed by atoms with van der Waals surface area (Å²) in [7, 11) is 0. The summed E-state index contributed by atoms with van der Waals surface area (Å²) >= 11 is 7.93. The smallest absolute Gasteiger partial charge is 0.270 e. The first-order valence-electron chi connectivity index (χ1n) is 10.1. The molecule has 0 aliphatic carbocycles. The van der Waals surface area contributed by atoms with Crippen molar-refractivity contribution in [1.29, 1.82) is 0 Å². The molecule has 5 rings (SSSR count). The van der Waals surface area contributed by atoms with Gasteiger partial charge in [-0.1, -0.05) is 17.7 Å². The number of hydrazine groups is 1. The fourth-order valence-electron chi connectivity index (χ4n) is 3.90. The number of thiazole rings is 1. The predicted molar refractivity (Wildman–Crippen MR) is 122 cm³/mol. The molecule has 31 heavy (non-hydrogen) atoms. The van der Waals surface area contributed by atoms with E-state index in [4.69, 9.17) is 11.6 Å². The second-order valence-corrected chi connectivity index (χ2v) is 9.31. The van der Waals surface area contributed by atoms with Crippen LogP contribution in [0.2, 0.25) is 5.02 Å². The van der Waals surface area contributed by atoms with Crippen LogP contribution in [-0.4, -0.2) is 49.0 Å². The van der Waals surface area contributed by atoms with Crippen molar-refractivity contribution in [3.8, 4) is 5.69 Å². The van der Waals surface area contributed by atoms with Gasteiger partial charge in [-0.15, -0.1) is 11.3 Å². The maximum absolute atomic E-state index is 13.6. The van der Waals surface area contributed by atoms with Crippen LogP contribution in [0, 0.1) is 13.8 Å². The summed E-state index contributed by atoms with van der Waals surface area (Å²) in [6.07, 6.45) is 2.59. The van der Waals surface area contributed by atoms with Crippen molar-refractivity contribution in [1.82, 2.24) is 30.0 Å². The molecule has 1 saturated heterocycles. The highest BCUT2D eigenvalue weighted by Crippen LogP contribution is 2.26. The zero-order valence-corrected chi connectivity index (χ0v) is 18.8. The van der Waals surface area contributed by atoms with E-state index in [0.717, 1.165) is 34.7 Å². The molecule has 0 N–H and O–H groups in total. The minimum absolute atomic E-state index is 0.0975. The SMILES string of the molecule is Cc1cnn(-c2ccc(Cl)cc2C(=O)N2CCCN2Cc2ccc3nc(C)sc3c2)n1. The lowest BCUT2D eigenvalue weighted by Crippen LogP contribution is -2.41. The number of aromatic nitrogens is 4. The second kappa shape index (κ2) is 8.03. The normalized spacial score (nSPS) is 14.6. The molecule has 1 aliphatic heterocycles. The largest absolute Gasteiger partial charge is 0.271 e. The Bertz CT molecular complexity index is 1280. The van der Waals surface area contributed by atoms with E-state index in [1.165, 1.54) is 9.50 Å². The third-order valence-corrected chi connectivity index (χ3v) is 6.47. The van der Waals surface area contributed by atoms with Crippen molar-refractivity contribution >= 4 is 39.1 Å². The van der Waals surface area contributed by atoms with Crippen LogP contribution in [0.3, 0.4) is 0 Å². The molecular formula is C22H21ClN6OS. The van der Waals surface area contributed by atoms with Gasteiger partial charge in [0.1, 0.15) is 0 Å². The molecule has 2 aromatic carbocycles. The summed E-state index contributed by atoms with van der Waals surface area (Å²) in [5.74, 6) is -0.0975. The number of hydrogen-bond acceptors (Lipinski definition) is 6. The van der Waals surface area contributed by atoms with E-state index in [9.17, 15) is 4.79 Å². The first-order chi connectivity index (χ1) is 15.0. The topological polar surface area (TPSA) is 67.2 Å². The highest BCUT2D eigenvalue weighted by Gasteiger charge is 2.30. The Morgan fingerprint density at radius 2 is 2.03 bits per heavy atom. The third kappa shape index (κ3) is 3.94. The number of hydrogen-bond donors (Lipinski definition) is 0. The summed E-state index contributed by atoms with van der Waals surface area (Å²) in [4.78, 5) is 19.6. The van der Waals surface area contributed by atoms with Crippen LogP contribution in [0.25, 0.3) is 15.9 Å². The summed E-state index contributed by atoms with van der Waals surface area (Å²) in [5.41, 5.74) is 4.07. The number of amides is 1. The molecule has 4 aromatic rings. The summed E-state index contributed by atoms with van der Waals surface area (Å²) in [6, 6.07) is 11.5. The first kappa shape index (κ1) is 20.1. The molecule has 3 heterocycles. The lowest BCUT2D eigenvalue weighted by Gasteiger charge is -2.28. The van der Waals surface area contributed by atoms with Gasteiger partial charge in [-0.25, -0.2) is 9.99 Å². The van der Waals surface area contributed by atoms with Gasteiger partial charge in [0.05, 0.1) is 38.4 Å². The quantitative estimate of drug-likeness (QED) is 0.458. The maximum atomic E-state index is 13.6. The van der Waals surface area contributed by atoms with Crippen LogP contribution in [0.15, 0.2) is 42.6 Å². The Morgan fingerprint density at radius 3 is 2.84 bits per heavy atom. The van der Waals surface area contributed by atoms with Gasteiger partial charge >= 0.3 is 0 Å². The van der Waals surface area contributed by atoms with E-state index in [1.807, 2.05) is 18.9 Å². The Kier molecular flexibility index (Phi) is 5.21. The lowest BCUT2D eigenvalue weighted by molar-refractivity contribution is 0.0170. The molecule has 0 unspecified atom stereocenters. The molecule has 0 radical (unpaired) electrons. The fraction of sp³-hybridized carbons (Fsp3) is 0.273. The van der Waals surface area contributed by atoms with Crippen molar-refractivity contribution < 1.29 is 4.79 Å². The molecule has 7 nitrogen and oxygen atoms in total. The molecule has 0 bridgehead atoms. The highest BCUT2D eigenvalue weighted by atomic mass is 35.5. The van der Waals surface area contributed by atoms with Crippen molar-refractivity contribution in [2.24, 2.45) is 0 Å². The van der Waals surface area contributed by atoms with Crippen LogP contribution in [0.4, 0.5) is 0 Å². The monoisotopic (exact) mass is 452 g/mol. The zero-order valence-electron chi connectivity index (χ0n) is 17.2. The van der Waals surface area contributed by atoms with Crippen molar-refractivity contribution in [2.45, 2.75) is 26.8 Å². The van der Waals surface area contributed by atoms with Gasteiger partial charge in [-0.05, 0) is 56.2 Å². The molecule has 0 atom stereocenters. The van der Waals surface area contributed by atoms with Gasteiger partial charge in [0.2, 0.25) is 0 Å². The second-order valence-electron chi connectivity index (χ2n) is 7.64. The van der Waals surface area contributed by atoms with Gasteiger partial charge in [0.15, 0.2) is 0 Å². The van der Waals surface area contributed by atoms with E-state index in [2.05, 4.69) is 38.4 Å². The maximum Gasteiger partial charge on any atom is 0.270 e. The number of fused-ring (bicyclic) bond motifs is 1. The predicted octanol–water partition coefficient (Wildman–Crippen LogP) is 4.41. The van der Waals surface area contributed by atoms with Crippen LogP contribution in [-0.2, 0) is 6.54 Å². The molecule has 0 saturated carbocycles. The molecule has 1 amide bonds. The average molecular weight is 453 g/mol. The number of benzene rings is 2. The number of nitrogens with zero attached hydrogens (tertiary/aromatic N) is 6. The number of carbonyl (C=O) groups excluding carboxylic acids is 1. The minimum Gasteiger partial charge on any atom is -0.271 e. The minimum atomic E-state index is -0.0975. The summed E-state index contributed by atoms with van der Waals surface area (Å²) in [5, 5.41) is 14.1. The number of rotatable bonds is 4. The van der Waals surface area contributed by atoms with Crippen LogP contribution in [0.1, 0.15) is 33.0 Å². The van der Waals surface area contributed by atoms with E-state index in [-0.39, 0.29) is 5.91 Å². The molecule has 2 aromatic heterocycles. The van der Waals surface area contributed by atoms with Crippen molar-refractivity contribution in [3.05, 3.63) is 69.4 Å². The van der Waals surface area contributed by atoms with Crippen LogP contribution in [0.5, 0.6) is 0 Å². The fourth-order valence-corrected chi connectivity index (χ4v) is 4.96. The van der Waals surface area contributed by atoms with Crippen molar-refractivity contribution in [3.63, 3.8) is 0 Å².